The number of hydrogen-bond acceptors (Lipinski definition) is 5. The van der Waals surface area contributed by atoms with Crippen LogP contribution in [0.25, 0.3) is 0 Å². The van der Waals surface area contributed by atoms with Crippen molar-refractivity contribution in [3.8, 4) is 0 Å². The first-order chi connectivity index (χ1) is 14.4. The van der Waals surface area contributed by atoms with Crippen LogP contribution in [0.5, 0.6) is 0 Å². The van der Waals surface area contributed by atoms with E-state index in [4.69, 9.17) is 0 Å². The van der Waals surface area contributed by atoms with Crippen LogP contribution in [0.3, 0.4) is 0 Å². The molecule has 0 radical (unpaired) electrons. The van der Waals surface area contributed by atoms with Gasteiger partial charge in [0.25, 0.3) is 5.91 Å². The lowest BCUT2D eigenvalue weighted by Gasteiger charge is -2.16. The fraction of sp³-hybridized carbons (Fsp3) is 0.227. The smallest absolute Gasteiger partial charge is 0.254 e. The van der Waals surface area contributed by atoms with Gasteiger partial charge in [-0.3, -0.25) is 4.79 Å². The van der Waals surface area contributed by atoms with Crippen molar-refractivity contribution >= 4 is 15.9 Å². The van der Waals surface area contributed by atoms with E-state index in [0.29, 0.717) is 17.9 Å². The Balaban J connectivity index is 1.57. The lowest BCUT2D eigenvalue weighted by atomic mass is 10.1. The second kappa shape index (κ2) is 9.60. The van der Waals surface area contributed by atoms with Gasteiger partial charge in [-0.05, 0) is 31.0 Å². The molecule has 0 aliphatic heterocycles. The van der Waals surface area contributed by atoms with Gasteiger partial charge in [0.2, 0.25) is 10.0 Å². The number of aromatic nitrogens is 2. The van der Waals surface area contributed by atoms with Crippen LogP contribution in [0.2, 0.25) is 0 Å². The molecule has 0 saturated heterocycles. The molecule has 2 aromatic carbocycles. The van der Waals surface area contributed by atoms with E-state index in [0.717, 1.165) is 17.5 Å². The number of rotatable bonds is 8. The van der Waals surface area contributed by atoms with Crippen LogP contribution in [0, 0.1) is 6.92 Å². The van der Waals surface area contributed by atoms with Crippen molar-refractivity contribution in [1.29, 1.82) is 0 Å². The highest BCUT2D eigenvalue weighted by Gasteiger charge is 2.21. The van der Waals surface area contributed by atoms with Crippen LogP contribution in [-0.2, 0) is 23.0 Å². The molecule has 30 heavy (non-hydrogen) atoms. The number of sulfonamides is 1. The average Bonchev–Trinajstić information content (AvgIpc) is 2.75. The highest BCUT2D eigenvalue weighted by Crippen LogP contribution is 2.16. The summed E-state index contributed by atoms with van der Waals surface area (Å²) in [6, 6.07) is 16.5. The molecule has 1 amide bonds. The van der Waals surface area contributed by atoms with Gasteiger partial charge < -0.3 is 5.32 Å². The van der Waals surface area contributed by atoms with Crippen LogP contribution < -0.4 is 5.32 Å². The fourth-order valence-electron chi connectivity index (χ4n) is 2.80. The van der Waals surface area contributed by atoms with E-state index in [9.17, 15) is 13.2 Å². The maximum absolute atomic E-state index is 12.7. The van der Waals surface area contributed by atoms with Gasteiger partial charge in [0.1, 0.15) is 5.82 Å². The predicted molar refractivity (Wildman–Crippen MR) is 114 cm³/mol. The third-order valence-corrected chi connectivity index (χ3v) is 6.42. The van der Waals surface area contributed by atoms with Crippen LogP contribution in [0.15, 0.2) is 71.9 Å². The second-order valence-electron chi connectivity index (χ2n) is 6.95. The van der Waals surface area contributed by atoms with Crippen molar-refractivity contribution in [3.05, 3.63) is 89.5 Å². The van der Waals surface area contributed by atoms with E-state index >= 15 is 0 Å². The Hall–Kier alpha value is -3.10. The first-order valence-electron chi connectivity index (χ1n) is 9.52. The number of nitrogens with one attached hydrogen (secondary N) is 1. The molecule has 1 aromatic heterocycles. The predicted octanol–water partition coefficient (Wildman–Crippen LogP) is 2.58. The summed E-state index contributed by atoms with van der Waals surface area (Å²) in [7, 11) is -2.17. The number of nitrogens with zero attached hydrogens (tertiary/aromatic N) is 3. The Morgan fingerprint density at radius 3 is 2.27 bits per heavy atom. The topological polar surface area (TPSA) is 92.3 Å². The number of benzene rings is 2. The van der Waals surface area contributed by atoms with E-state index in [2.05, 4.69) is 15.3 Å². The van der Waals surface area contributed by atoms with Crippen molar-refractivity contribution < 1.29 is 13.2 Å². The summed E-state index contributed by atoms with van der Waals surface area (Å²) < 4.78 is 26.5. The van der Waals surface area contributed by atoms with Crippen LogP contribution in [0.4, 0.5) is 0 Å². The zero-order valence-electron chi connectivity index (χ0n) is 16.9. The molecule has 3 aromatic rings. The minimum absolute atomic E-state index is 0.00607. The molecule has 7 nitrogen and oxygen atoms in total. The van der Waals surface area contributed by atoms with Crippen molar-refractivity contribution in [1.82, 2.24) is 19.6 Å². The largest absolute Gasteiger partial charge is 0.352 e. The van der Waals surface area contributed by atoms with Crippen molar-refractivity contribution in [2.24, 2.45) is 0 Å². The normalized spacial score (nSPS) is 11.4. The Labute approximate surface area is 176 Å². The summed E-state index contributed by atoms with van der Waals surface area (Å²) in [5.74, 6) is 0.0483. The lowest BCUT2D eigenvalue weighted by molar-refractivity contribution is 0.0953. The lowest BCUT2D eigenvalue weighted by Crippen LogP contribution is -2.28. The average molecular weight is 425 g/mol. The quantitative estimate of drug-likeness (QED) is 0.600. The molecule has 1 N–H and O–H groups in total. The van der Waals surface area contributed by atoms with Gasteiger partial charge in [-0.2, -0.15) is 4.31 Å². The van der Waals surface area contributed by atoms with Crippen LogP contribution >= 0.6 is 0 Å². The molecule has 0 unspecified atom stereocenters. The van der Waals surface area contributed by atoms with E-state index in [1.165, 1.54) is 23.7 Å². The first kappa shape index (κ1) is 21.6. The van der Waals surface area contributed by atoms with Gasteiger partial charge in [0, 0.05) is 26.0 Å². The highest BCUT2D eigenvalue weighted by molar-refractivity contribution is 7.89. The summed E-state index contributed by atoms with van der Waals surface area (Å²) in [6.07, 6.45) is 3.55. The second-order valence-corrected chi connectivity index (χ2v) is 9.00. The number of hydrogen-bond donors (Lipinski definition) is 1. The van der Waals surface area contributed by atoms with Gasteiger partial charge in [0.15, 0.2) is 0 Å². The molecule has 0 aliphatic rings. The molecule has 156 valence electrons. The van der Waals surface area contributed by atoms with Gasteiger partial charge in [0.05, 0.1) is 17.0 Å². The number of carbonyl (C=O) groups is 1. The van der Waals surface area contributed by atoms with Crippen molar-refractivity contribution in [2.45, 2.75) is 24.8 Å². The van der Waals surface area contributed by atoms with Crippen molar-refractivity contribution in [2.75, 3.05) is 13.6 Å². The summed E-state index contributed by atoms with van der Waals surface area (Å²) in [6.45, 7) is 2.40. The van der Waals surface area contributed by atoms with Gasteiger partial charge in [-0.1, -0.05) is 48.0 Å². The van der Waals surface area contributed by atoms with Gasteiger partial charge in [-0.15, -0.1) is 0 Å². The molecule has 8 heteroatoms. The first-order valence-corrected chi connectivity index (χ1v) is 11.0. The highest BCUT2D eigenvalue weighted by atomic mass is 32.2. The van der Waals surface area contributed by atoms with Gasteiger partial charge >= 0.3 is 0 Å². The maximum atomic E-state index is 12.7. The molecule has 0 fully saturated rings. The molecular formula is C22H24N4O3S. The zero-order valence-corrected chi connectivity index (χ0v) is 17.8. The Bertz CT molecular complexity index is 1080. The summed E-state index contributed by atoms with van der Waals surface area (Å²) in [5, 5.41) is 2.83. The molecule has 0 spiro atoms. The Kier molecular flexibility index (Phi) is 6.91. The minimum Gasteiger partial charge on any atom is -0.352 e. The molecular weight excluding hydrogens is 400 g/mol. The maximum Gasteiger partial charge on any atom is 0.254 e. The third-order valence-electron chi connectivity index (χ3n) is 4.60. The molecule has 1 heterocycles. The number of aryl methyl sites for hydroxylation is 1. The van der Waals surface area contributed by atoms with E-state index in [-0.39, 0.29) is 17.3 Å². The number of amides is 1. The summed E-state index contributed by atoms with van der Waals surface area (Å²) in [4.78, 5) is 20.8. The molecule has 0 atom stereocenters. The minimum atomic E-state index is -3.64. The SMILES string of the molecule is Cc1ccc(S(=O)(=O)N(C)Cc2ncc(C(=O)NCCc3ccccc3)cn2)cc1. The van der Waals surface area contributed by atoms with Crippen LogP contribution in [-0.4, -0.2) is 42.2 Å². The monoisotopic (exact) mass is 424 g/mol. The fourth-order valence-corrected chi connectivity index (χ4v) is 3.92. The summed E-state index contributed by atoms with van der Waals surface area (Å²) >= 11 is 0. The number of carbonyl (C=O) groups excluding carboxylic acids is 1. The third kappa shape index (κ3) is 5.49. The van der Waals surface area contributed by atoms with Crippen LogP contribution in [0.1, 0.15) is 27.3 Å². The molecule has 0 saturated carbocycles. The van der Waals surface area contributed by atoms with Crippen molar-refractivity contribution in [3.63, 3.8) is 0 Å². The Morgan fingerprint density at radius 1 is 1.00 bits per heavy atom. The standard InChI is InChI=1S/C22H24N4O3S/c1-17-8-10-20(11-9-17)30(28,29)26(2)16-21-24-14-19(15-25-21)22(27)23-13-12-18-6-4-3-5-7-18/h3-11,14-15H,12-13,16H2,1-2H3,(H,23,27). The van der Waals surface area contributed by atoms with Gasteiger partial charge in [-0.25, -0.2) is 18.4 Å². The summed E-state index contributed by atoms with van der Waals surface area (Å²) in [5.41, 5.74) is 2.45. The Morgan fingerprint density at radius 2 is 1.63 bits per heavy atom. The van der Waals surface area contributed by atoms with E-state index < -0.39 is 10.0 Å². The zero-order chi connectivity index (χ0) is 21.6. The molecule has 0 aliphatic carbocycles. The molecule has 0 bridgehead atoms. The van der Waals surface area contributed by atoms with E-state index in [1.807, 2.05) is 37.3 Å². The molecule has 3 rings (SSSR count). The van der Waals surface area contributed by atoms with E-state index in [1.54, 1.807) is 24.3 Å².